The molecule has 0 spiro atoms. The quantitative estimate of drug-likeness (QED) is 0.574. The topological polar surface area (TPSA) is 66.9 Å². The molecule has 0 aromatic heterocycles. The van der Waals surface area contributed by atoms with Crippen LogP contribution in [0.25, 0.3) is 0 Å². The molecule has 0 aromatic rings. The van der Waals surface area contributed by atoms with Gasteiger partial charge >= 0.3 is 5.97 Å². The lowest BCUT2D eigenvalue weighted by molar-refractivity contribution is -0.139. The highest BCUT2D eigenvalue weighted by Crippen LogP contribution is 2.29. The number of rotatable bonds is 4. The van der Waals surface area contributed by atoms with Crippen LogP contribution < -0.4 is 0 Å². The zero-order valence-electron chi connectivity index (χ0n) is 13.0. The molecule has 2 rings (SSSR count). The second-order valence-electron chi connectivity index (χ2n) is 5.59. The molecule has 22 heavy (non-hydrogen) atoms. The largest absolute Gasteiger partial charge is 0.463 e. The maximum Gasteiger partial charge on any atom is 0.333 e. The second-order valence-corrected chi connectivity index (χ2v) is 6.59. The molecule has 0 unspecified atom stereocenters. The van der Waals surface area contributed by atoms with Crippen LogP contribution in [0, 0.1) is 5.92 Å². The van der Waals surface area contributed by atoms with Gasteiger partial charge in [0.15, 0.2) is 0 Å². The van der Waals surface area contributed by atoms with Crippen molar-refractivity contribution in [1.82, 2.24) is 9.80 Å². The van der Waals surface area contributed by atoms with Crippen LogP contribution in [0.1, 0.15) is 26.7 Å². The highest BCUT2D eigenvalue weighted by molar-refractivity contribution is 8.04. The molecular weight excluding hydrogens is 304 g/mol. The molecule has 0 bridgehead atoms. The maximum atomic E-state index is 12.4. The molecule has 2 fully saturated rings. The average molecular weight is 326 g/mol. The zero-order valence-corrected chi connectivity index (χ0v) is 13.9. The molecule has 2 amide bonds. The summed E-state index contributed by atoms with van der Waals surface area (Å²) in [4.78, 5) is 39.1. The van der Waals surface area contributed by atoms with Crippen LogP contribution in [0.5, 0.6) is 0 Å². The molecule has 0 N–H and O–H groups in total. The van der Waals surface area contributed by atoms with Crippen molar-refractivity contribution in [1.29, 1.82) is 0 Å². The van der Waals surface area contributed by atoms with Gasteiger partial charge in [-0.1, -0.05) is 18.7 Å². The number of likely N-dealkylation sites (tertiary alicyclic amines) is 1. The zero-order chi connectivity index (χ0) is 16.1. The first-order chi connectivity index (χ1) is 10.5. The van der Waals surface area contributed by atoms with Gasteiger partial charge in [-0.3, -0.25) is 14.5 Å². The number of hydrogen-bond acceptors (Lipinski definition) is 5. The molecule has 122 valence electrons. The van der Waals surface area contributed by atoms with Crippen LogP contribution in [0.15, 0.2) is 11.1 Å². The normalized spacial score (nSPS) is 24.0. The van der Waals surface area contributed by atoms with E-state index in [9.17, 15) is 14.4 Å². The Morgan fingerprint density at radius 3 is 2.91 bits per heavy atom. The Hall–Kier alpha value is -1.50. The number of hydrogen-bond donors (Lipinski definition) is 0. The van der Waals surface area contributed by atoms with Gasteiger partial charge in [-0.05, 0) is 25.7 Å². The van der Waals surface area contributed by atoms with E-state index in [-0.39, 0.29) is 30.7 Å². The van der Waals surface area contributed by atoms with Gasteiger partial charge in [0.2, 0.25) is 11.8 Å². The third-order valence-corrected chi connectivity index (χ3v) is 4.77. The summed E-state index contributed by atoms with van der Waals surface area (Å²) >= 11 is 1.27. The molecule has 0 aliphatic carbocycles. The van der Waals surface area contributed by atoms with Gasteiger partial charge in [0.1, 0.15) is 6.54 Å². The molecule has 0 saturated carbocycles. The van der Waals surface area contributed by atoms with Crippen LogP contribution in [0.2, 0.25) is 0 Å². The van der Waals surface area contributed by atoms with E-state index >= 15 is 0 Å². The predicted octanol–water partition coefficient (Wildman–Crippen LogP) is 1.22. The first kappa shape index (κ1) is 16.9. The Kier molecular flexibility index (Phi) is 5.88. The molecule has 1 atom stereocenters. The minimum absolute atomic E-state index is 0.00376. The van der Waals surface area contributed by atoms with Gasteiger partial charge in [0, 0.05) is 13.1 Å². The molecule has 0 aromatic carbocycles. The van der Waals surface area contributed by atoms with Crippen molar-refractivity contribution in [2.45, 2.75) is 26.7 Å². The Morgan fingerprint density at radius 2 is 2.23 bits per heavy atom. The number of ether oxygens (including phenoxy) is 1. The third-order valence-electron chi connectivity index (χ3n) is 3.74. The Morgan fingerprint density at radius 1 is 1.45 bits per heavy atom. The van der Waals surface area contributed by atoms with Crippen LogP contribution in [0.4, 0.5) is 0 Å². The number of esters is 1. The summed E-state index contributed by atoms with van der Waals surface area (Å²) in [6.45, 7) is 5.63. The molecule has 6 nitrogen and oxygen atoms in total. The smallest absolute Gasteiger partial charge is 0.333 e. The Bertz CT molecular complexity index is 492. The van der Waals surface area contributed by atoms with E-state index < -0.39 is 5.97 Å². The molecule has 2 heterocycles. The van der Waals surface area contributed by atoms with Crippen molar-refractivity contribution in [2.75, 3.05) is 32.0 Å². The molecule has 2 aliphatic rings. The number of nitrogens with zero attached hydrogens (tertiary/aromatic N) is 2. The van der Waals surface area contributed by atoms with Crippen molar-refractivity contribution in [3.05, 3.63) is 11.1 Å². The summed E-state index contributed by atoms with van der Waals surface area (Å²) in [5, 5.41) is 0.502. The summed E-state index contributed by atoms with van der Waals surface area (Å²) in [5.41, 5.74) is 0. The van der Waals surface area contributed by atoms with E-state index in [0.29, 0.717) is 10.9 Å². The van der Waals surface area contributed by atoms with E-state index in [1.807, 2.05) is 4.90 Å². The molecule has 7 heteroatoms. The first-order valence-corrected chi connectivity index (χ1v) is 8.59. The van der Waals surface area contributed by atoms with Gasteiger partial charge < -0.3 is 9.64 Å². The monoisotopic (exact) mass is 326 g/mol. The fourth-order valence-electron chi connectivity index (χ4n) is 2.64. The lowest BCUT2D eigenvalue weighted by atomic mass is 10.0. The maximum absolute atomic E-state index is 12.4. The van der Waals surface area contributed by atoms with Crippen LogP contribution in [-0.2, 0) is 19.1 Å². The van der Waals surface area contributed by atoms with Crippen LogP contribution in [-0.4, -0.2) is 59.6 Å². The van der Waals surface area contributed by atoms with Crippen molar-refractivity contribution in [3.63, 3.8) is 0 Å². The third kappa shape index (κ3) is 4.25. The van der Waals surface area contributed by atoms with E-state index in [2.05, 4.69) is 6.92 Å². The second kappa shape index (κ2) is 7.67. The average Bonchev–Trinajstić information content (AvgIpc) is 2.80. The lowest BCUT2D eigenvalue weighted by Gasteiger charge is -2.32. The van der Waals surface area contributed by atoms with Crippen LogP contribution in [0.3, 0.4) is 0 Å². The van der Waals surface area contributed by atoms with E-state index in [4.69, 9.17) is 4.74 Å². The highest BCUT2D eigenvalue weighted by Gasteiger charge is 2.31. The number of amides is 2. The van der Waals surface area contributed by atoms with Gasteiger partial charge in [-0.25, -0.2) is 4.79 Å². The number of thioether (sulfide) groups is 1. The summed E-state index contributed by atoms with van der Waals surface area (Å²) in [6.07, 6.45) is 3.43. The summed E-state index contributed by atoms with van der Waals surface area (Å²) in [6, 6.07) is 0. The molecule has 2 aliphatic heterocycles. The lowest BCUT2D eigenvalue weighted by Crippen LogP contribution is -2.44. The minimum Gasteiger partial charge on any atom is -0.463 e. The van der Waals surface area contributed by atoms with Gasteiger partial charge in [0.25, 0.3) is 0 Å². The van der Waals surface area contributed by atoms with Gasteiger partial charge in [-0.15, -0.1) is 0 Å². The number of carbonyl (C=O) groups excluding carboxylic acids is 3. The standard InChI is InChI=1S/C15H22N2O4S/c1-3-21-15(20)7-14-17(13(19)10-22-14)9-12(18)16-6-4-5-11(2)8-16/h7,11H,3-6,8-10H2,1-2H3/b14-7-/t11-/m1/s1. The summed E-state index contributed by atoms with van der Waals surface area (Å²) in [5.74, 6) is 0.0744. The van der Waals surface area contributed by atoms with Crippen molar-refractivity contribution < 1.29 is 19.1 Å². The Balaban J connectivity index is 2.00. The fraction of sp³-hybridized carbons (Fsp3) is 0.667. The van der Waals surface area contributed by atoms with Gasteiger partial charge in [0.05, 0.1) is 23.5 Å². The summed E-state index contributed by atoms with van der Waals surface area (Å²) in [7, 11) is 0. The van der Waals surface area contributed by atoms with E-state index in [0.717, 1.165) is 25.9 Å². The Labute approximate surface area is 134 Å². The molecule has 0 radical (unpaired) electrons. The minimum atomic E-state index is -0.483. The SMILES string of the molecule is CCOC(=O)/C=C1\SCC(=O)N1CC(=O)N1CCC[C@@H](C)C1. The number of piperidine rings is 1. The van der Waals surface area contributed by atoms with E-state index in [1.165, 1.54) is 22.7 Å². The molecule has 2 saturated heterocycles. The number of carbonyl (C=O) groups is 3. The van der Waals surface area contributed by atoms with Crippen molar-refractivity contribution in [3.8, 4) is 0 Å². The first-order valence-electron chi connectivity index (χ1n) is 7.60. The van der Waals surface area contributed by atoms with Gasteiger partial charge in [-0.2, -0.15) is 0 Å². The van der Waals surface area contributed by atoms with Crippen molar-refractivity contribution in [2.24, 2.45) is 5.92 Å². The van der Waals surface area contributed by atoms with Crippen molar-refractivity contribution >= 4 is 29.5 Å². The summed E-state index contributed by atoms with van der Waals surface area (Å²) < 4.78 is 4.86. The highest BCUT2D eigenvalue weighted by atomic mass is 32.2. The fourth-order valence-corrected chi connectivity index (χ4v) is 3.56. The van der Waals surface area contributed by atoms with E-state index in [1.54, 1.807) is 6.92 Å². The predicted molar refractivity (Wildman–Crippen MR) is 83.9 cm³/mol. The molecular formula is C15H22N2O4S. The van der Waals surface area contributed by atoms with Crippen LogP contribution >= 0.6 is 11.8 Å².